The third-order valence-electron chi connectivity index (χ3n) is 5.54. The molecule has 26 heavy (non-hydrogen) atoms. The minimum Gasteiger partial charge on any atom is -0.379 e. The van der Waals surface area contributed by atoms with Crippen LogP contribution in [-0.2, 0) is 22.6 Å². The number of likely N-dealkylation sites (tertiary alicyclic amines) is 1. The predicted molar refractivity (Wildman–Crippen MR) is 104 cm³/mol. The van der Waals surface area contributed by atoms with Crippen molar-refractivity contribution in [2.45, 2.75) is 51.7 Å². The van der Waals surface area contributed by atoms with E-state index in [9.17, 15) is 4.79 Å². The van der Waals surface area contributed by atoms with Gasteiger partial charge in [-0.25, -0.2) is 0 Å². The summed E-state index contributed by atoms with van der Waals surface area (Å²) in [5.74, 6) is 0.148. The maximum atomic E-state index is 12.2. The number of benzene rings is 1. The molecule has 2 heterocycles. The number of rotatable bonds is 8. The van der Waals surface area contributed by atoms with Gasteiger partial charge in [-0.3, -0.25) is 14.6 Å². The summed E-state index contributed by atoms with van der Waals surface area (Å²) in [7, 11) is 0. The molecule has 1 aromatic carbocycles. The van der Waals surface area contributed by atoms with E-state index in [1.165, 1.54) is 37.1 Å². The van der Waals surface area contributed by atoms with E-state index in [0.717, 1.165) is 39.3 Å². The van der Waals surface area contributed by atoms with Gasteiger partial charge in [0, 0.05) is 38.6 Å². The first-order chi connectivity index (χ1) is 12.7. The maximum Gasteiger partial charge on any atom is 0.220 e. The van der Waals surface area contributed by atoms with Gasteiger partial charge in [0.1, 0.15) is 0 Å². The lowest BCUT2D eigenvalue weighted by Crippen LogP contribution is -2.42. The van der Waals surface area contributed by atoms with E-state index in [2.05, 4.69) is 46.3 Å². The average molecular weight is 360 g/mol. The van der Waals surface area contributed by atoms with Gasteiger partial charge in [-0.1, -0.05) is 24.3 Å². The molecule has 2 aliphatic rings. The molecule has 3 rings (SSSR count). The second-order valence-electron chi connectivity index (χ2n) is 7.62. The van der Waals surface area contributed by atoms with Crippen molar-refractivity contribution >= 4 is 5.91 Å². The number of hydrogen-bond donors (Lipinski definition) is 1. The number of carbonyl (C=O) groups excluding carboxylic acids is 1. The van der Waals surface area contributed by atoms with E-state index in [-0.39, 0.29) is 5.91 Å². The van der Waals surface area contributed by atoms with Gasteiger partial charge in [0.2, 0.25) is 5.91 Å². The Hall–Kier alpha value is -1.43. The van der Waals surface area contributed by atoms with Crippen LogP contribution in [0.25, 0.3) is 0 Å². The molecule has 0 aliphatic carbocycles. The number of carbonyl (C=O) groups is 1. The van der Waals surface area contributed by atoms with Crippen molar-refractivity contribution in [2.75, 3.05) is 39.4 Å². The third kappa shape index (κ3) is 6.08. The van der Waals surface area contributed by atoms with Crippen molar-refractivity contribution in [1.29, 1.82) is 0 Å². The Morgan fingerprint density at radius 3 is 2.65 bits per heavy atom. The molecule has 1 amide bonds. The van der Waals surface area contributed by atoms with Gasteiger partial charge in [0.25, 0.3) is 0 Å². The molecule has 2 saturated heterocycles. The number of amides is 1. The number of nitrogens with zero attached hydrogens (tertiary/aromatic N) is 2. The summed E-state index contributed by atoms with van der Waals surface area (Å²) >= 11 is 0. The fraction of sp³-hybridized carbons (Fsp3) is 0.667. The largest absolute Gasteiger partial charge is 0.379 e. The zero-order valence-electron chi connectivity index (χ0n) is 16.1. The molecule has 144 valence electrons. The lowest BCUT2D eigenvalue weighted by atomic mass is 10.1. The predicted octanol–water partition coefficient (Wildman–Crippen LogP) is 2.40. The molecular weight excluding hydrogens is 326 g/mol. The summed E-state index contributed by atoms with van der Waals surface area (Å²) in [6, 6.07) is 9.06. The fourth-order valence-electron chi connectivity index (χ4n) is 3.87. The Bertz CT molecular complexity index is 566. The zero-order valence-corrected chi connectivity index (χ0v) is 16.1. The van der Waals surface area contributed by atoms with E-state index in [1.807, 2.05) is 0 Å². The summed E-state index contributed by atoms with van der Waals surface area (Å²) in [5, 5.41) is 3.08. The highest BCUT2D eigenvalue weighted by Gasteiger charge is 2.17. The van der Waals surface area contributed by atoms with E-state index in [4.69, 9.17) is 4.74 Å². The first-order valence-electron chi connectivity index (χ1n) is 10.1. The van der Waals surface area contributed by atoms with Crippen LogP contribution in [0.4, 0.5) is 0 Å². The van der Waals surface area contributed by atoms with Crippen molar-refractivity contribution in [3.63, 3.8) is 0 Å². The molecule has 0 radical (unpaired) electrons. The van der Waals surface area contributed by atoms with Gasteiger partial charge < -0.3 is 10.1 Å². The summed E-state index contributed by atoms with van der Waals surface area (Å²) in [5.41, 5.74) is 2.54. The number of nitrogens with one attached hydrogen (secondary N) is 1. The van der Waals surface area contributed by atoms with Crippen LogP contribution in [0.15, 0.2) is 24.3 Å². The Balaban J connectivity index is 1.38. The van der Waals surface area contributed by atoms with Crippen molar-refractivity contribution in [2.24, 2.45) is 0 Å². The van der Waals surface area contributed by atoms with E-state index < -0.39 is 0 Å². The zero-order chi connectivity index (χ0) is 18.2. The van der Waals surface area contributed by atoms with Crippen LogP contribution in [0.3, 0.4) is 0 Å². The van der Waals surface area contributed by atoms with Crippen molar-refractivity contribution in [3.05, 3.63) is 35.4 Å². The van der Waals surface area contributed by atoms with Crippen molar-refractivity contribution in [1.82, 2.24) is 15.1 Å². The van der Waals surface area contributed by atoms with Crippen LogP contribution in [0.5, 0.6) is 0 Å². The van der Waals surface area contributed by atoms with Crippen molar-refractivity contribution in [3.8, 4) is 0 Å². The van der Waals surface area contributed by atoms with Crippen LogP contribution >= 0.6 is 0 Å². The van der Waals surface area contributed by atoms with E-state index in [1.54, 1.807) is 0 Å². The molecule has 0 bridgehead atoms. The Labute approximate surface area is 157 Å². The monoisotopic (exact) mass is 359 g/mol. The highest BCUT2D eigenvalue weighted by atomic mass is 16.5. The minimum atomic E-state index is 0.148. The molecule has 0 spiro atoms. The summed E-state index contributed by atoms with van der Waals surface area (Å²) in [6.45, 7) is 9.86. The molecule has 0 unspecified atom stereocenters. The number of morpholine rings is 1. The van der Waals surface area contributed by atoms with Crippen LogP contribution in [0, 0.1) is 0 Å². The summed E-state index contributed by atoms with van der Waals surface area (Å²) in [6.07, 6.45) is 4.13. The lowest BCUT2D eigenvalue weighted by molar-refractivity contribution is -0.121. The first-order valence-corrected chi connectivity index (χ1v) is 10.1. The smallest absolute Gasteiger partial charge is 0.220 e. The SMILES string of the molecule is C[C@H](CCC(=O)NCc1cccc(CN2CCCC2)c1)N1CCOCC1. The second-order valence-corrected chi connectivity index (χ2v) is 7.62. The molecule has 0 aromatic heterocycles. The maximum absolute atomic E-state index is 12.2. The van der Waals surface area contributed by atoms with Gasteiger partial charge in [-0.2, -0.15) is 0 Å². The van der Waals surface area contributed by atoms with Gasteiger partial charge in [0.05, 0.1) is 13.2 Å². The first kappa shape index (κ1) is 19.3. The van der Waals surface area contributed by atoms with Crippen molar-refractivity contribution < 1.29 is 9.53 Å². The molecule has 5 nitrogen and oxygen atoms in total. The van der Waals surface area contributed by atoms with Crippen LogP contribution in [0.1, 0.15) is 43.7 Å². The summed E-state index contributed by atoms with van der Waals surface area (Å²) < 4.78 is 5.39. The highest BCUT2D eigenvalue weighted by molar-refractivity contribution is 5.75. The Morgan fingerprint density at radius 1 is 1.15 bits per heavy atom. The quantitative estimate of drug-likeness (QED) is 0.774. The molecule has 1 atom stereocenters. The molecule has 0 saturated carbocycles. The van der Waals surface area contributed by atoms with Gasteiger partial charge in [-0.05, 0) is 50.4 Å². The number of ether oxygens (including phenoxy) is 1. The highest BCUT2D eigenvalue weighted by Crippen LogP contribution is 2.14. The molecular formula is C21H33N3O2. The molecule has 1 N–H and O–H groups in total. The molecule has 5 heteroatoms. The third-order valence-corrected chi connectivity index (χ3v) is 5.54. The van der Waals surface area contributed by atoms with Gasteiger partial charge in [-0.15, -0.1) is 0 Å². The van der Waals surface area contributed by atoms with Gasteiger partial charge in [0.15, 0.2) is 0 Å². The normalized spacial score (nSPS) is 20.2. The Kier molecular flexibility index (Phi) is 7.47. The van der Waals surface area contributed by atoms with Crippen LogP contribution in [-0.4, -0.2) is 61.1 Å². The van der Waals surface area contributed by atoms with E-state index in [0.29, 0.717) is 19.0 Å². The Morgan fingerprint density at radius 2 is 1.88 bits per heavy atom. The average Bonchev–Trinajstić information content (AvgIpc) is 3.18. The van der Waals surface area contributed by atoms with E-state index >= 15 is 0 Å². The van der Waals surface area contributed by atoms with Crippen LogP contribution in [0.2, 0.25) is 0 Å². The number of hydrogen-bond acceptors (Lipinski definition) is 4. The van der Waals surface area contributed by atoms with Crippen LogP contribution < -0.4 is 5.32 Å². The fourth-order valence-corrected chi connectivity index (χ4v) is 3.87. The lowest BCUT2D eigenvalue weighted by Gasteiger charge is -2.32. The topological polar surface area (TPSA) is 44.8 Å². The molecule has 2 aliphatic heterocycles. The minimum absolute atomic E-state index is 0.148. The van der Waals surface area contributed by atoms with Gasteiger partial charge >= 0.3 is 0 Å². The standard InChI is InChI=1S/C21H33N3O2/c1-18(24-11-13-26-14-12-24)7-8-21(25)22-16-19-5-4-6-20(15-19)17-23-9-2-3-10-23/h4-6,15,18H,2-3,7-14,16-17H2,1H3,(H,22,25)/t18-/m1/s1. The molecule has 1 aromatic rings. The second kappa shape index (κ2) is 10.0. The molecule has 2 fully saturated rings. The summed E-state index contributed by atoms with van der Waals surface area (Å²) in [4.78, 5) is 17.1.